The molecule has 1 aliphatic rings. The molecule has 1 fully saturated rings. The number of rotatable bonds is 2. The van der Waals surface area contributed by atoms with E-state index >= 15 is 0 Å². The molecular weight excluding hydrogens is 216 g/mol. The second-order valence-electron chi connectivity index (χ2n) is 4.34. The Morgan fingerprint density at radius 3 is 2.82 bits per heavy atom. The van der Waals surface area contributed by atoms with Crippen molar-refractivity contribution in [3.05, 3.63) is 29.8 Å². The maximum Gasteiger partial charge on any atom is 0.229 e. The maximum atomic E-state index is 12.0. The highest BCUT2D eigenvalue weighted by Crippen LogP contribution is 2.17. The lowest BCUT2D eigenvalue weighted by Crippen LogP contribution is -2.40. The van der Waals surface area contributed by atoms with Gasteiger partial charge in [0.1, 0.15) is 0 Å². The molecule has 2 amide bonds. The third kappa shape index (κ3) is 2.84. The monoisotopic (exact) mass is 232 g/mol. The molecule has 1 saturated heterocycles. The van der Waals surface area contributed by atoms with Crippen LogP contribution < -0.4 is 10.6 Å². The van der Waals surface area contributed by atoms with E-state index in [1.54, 1.807) is 0 Å². The number of carbonyl (C=O) groups excluding carboxylic acids is 2. The van der Waals surface area contributed by atoms with Crippen LogP contribution in [-0.2, 0) is 9.59 Å². The second-order valence-corrected chi connectivity index (χ2v) is 4.34. The van der Waals surface area contributed by atoms with E-state index in [-0.39, 0.29) is 17.7 Å². The largest absolute Gasteiger partial charge is 0.355 e. The smallest absolute Gasteiger partial charge is 0.229 e. The van der Waals surface area contributed by atoms with Crippen molar-refractivity contribution in [1.29, 1.82) is 0 Å². The van der Waals surface area contributed by atoms with Gasteiger partial charge in [-0.15, -0.1) is 0 Å². The Bertz CT molecular complexity index is 433. The van der Waals surface area contributed by atoms with Crippen molar-refractivity contribution >= 4 is 17.5 Å². The van der Waals surface area contributed by atoms with Gasteiger partial charge in [-0.25, -0.2) is 0 Å². The summed E-state index contributed by atoms with van der Waals surface area (Å²) in [7, 11) is 0. The fourth-order valence-corrected chi connectivity index (χ4v) is 1.90. The van der Waals surface area contributed by atoms with Crippen LogP contribution >= 0.6 is 0 Å². The highest BCUT2D eigenvalue weighted by molar-refractivity contribution is 5.94. The van der Waals surface area contributed by atoms with Crippen molar-refractivity contribution in [3.63, 3.8) is 0 Å². The lowest BCUT2D eigenvalue weighted by atomic mass is 9.98. The van der Waals surface area contributed by atoms with Gasteiger partial charge in [0.25, 0.3) is 0 Å². The van der Waals surface area contributed by atoms with Crippen molar-refractivity contribution in [1.82, 2.24) is 5.32 Å². The molecule has 4 heteroatoms. The number of hydrogen-bond acceptors (Lipinski definition) is 2. The predicted molar refractivity (Wildman–Crippen MR) is 65.5 cm³/mol. The highest BCUT2D eigenvalue weighted by Gasteiger charge is 2.24. The molecule has 0 bridgehead atoms. The molecule has 0 saturated carbocycles. The number of para-hydroxylation sites is 1. The number of aryl methyl sites for hydroxylation is 1. The van der Waals surface area contributed by atoms with Crippen molar-refractivity contribution in [2.24, 2.45) is 5.92 Å². The first-order valence-electron chi connectivity index (χ1n) is 5.80. The number of anilines is 1. The van der Waals surface area contributed by atoms with Crippen LogP contribution in [0.4, 0.5) is 5.69 Å². The average molecular weight is 232 g/mol. The third-order valence-electron chi connectivity index (χ3n) is 3.04. The molecule has 1 aromatic rings. The van der Waals surface area contributed by atoms with Gasteiger partial charge in [-0.3, -0.25) is 9.59 Å². The summed E-state index contributed by atoms with van der Waals surface area (Å²) in [5.74, 6) is -0.100. The average Bonchev–Trinajstić information content (AvgIpc) is 2.33. The molecule has 1 unspecified atom stereocenters. The molecule has 1 atom stereocenters. The summed E-state index contributed by atoms with van der Waals surface area (Å²) in [6.07, 6.45) is 1.06. The molecule has 2 N–H and O–H groups in total. The minimum atomic E-state index is -0.118. The van der Waals surface area contributed by atoms with Gasteiger partial charge in [0, 0.05) is 18.7 Å². The number of piperidine rings is 1. The number of hydrogen-bond donors (Lipinski definition) is 2. The maximum absolute atomic E-state index is 12.0. The Hall–Kier alpha value is -1.84. The molecule has 0 spiro atoms. The van der Waals surface area contributed by atoms with Crippen molar-refractivity contribution < 1.29 is 9.59 Å². The molecule has 1 heterocycles. The van der Waals surface area contributed by atoms with E-state index in [0.29, 0.717) is 19.4 Å². The normalized spacial score (nSPS) is 19.6. The van der Waals surface area contributed by atoms with Crippen LogP contribution in [-0.4, -0.2) is 18.4 Å². The zero-order valence-electron chi connectivity index (χ0n) is 9.82. The van der Waals surface area contributed by atoms with E-state index in [1.165, 1.54) is 0 Å². The number of benzene rings is 1. The second kappa shape index (κ2) is 4.99. The van der Waals surface area contributed by atoms with Crippen molar-refractivity contribution in [2.45, 2.75) is 19.8 Å². The van der Waals surface area contributed by atoms with Crippen LogP contribution in [0.2, 0.25) is 0 Å². The topological polar surface area (TPSA) is 58.2 Å². The van der Waals surface area contributed by atoms with Gasteiger partial charge in [0.2, 0.25) is 11.8 Å². The first kappa shape index (κ1) is 11.6. The number of nitrogens with one attached hydrogen (secondary N) is 2. The first-order chi connectivity index (χ1) is 8.16. The standard InChI is InChI=1S/C13H16N2O2/c1-9-4-2-3-5-11(9)15-13(17)10-6-7-12(16)14-8-10/h2-5,10H,6-8H2,1H3,(H,14,16)(H,15,17). The molecule has 17 heavy (non-hydrogen) atoms. The minimum Gasteiger partial charge on any atom is -0.355 e. The Balaban J connectivity index is 1.98. The Morgan fingerprint density at radius 1 is 1.41 bits per heavy atom. The molecule has 0 radical (unpaired) electrons. The van der Waals surface area contributed by atoms with Crippen molar-refractivity contribution in [3.8, 4) is 0 Å². The van der Waals surface area contributed by atoms with Gasteiger partial charge in [-0.1, -0.05) is 18.2 Å². The predicted octanol–water partition coefficient (Wildman–Crippen LogP) is 1.46. The quantitative estimate of drug-likeness (QED) is 0.811. The summed E-state index contributed by atoms with van der Waals surface area (Å²) >= 11 is 0. The van der Waals surface area contributed by atoms with Gasteiger partial charge >= 0.3 is 0 Å². The van der Waals surface area contributed by atoms with E-state index < -0.39 is 0 Å². The van der Waals surface area contributed by atoms with Crippen LogP contribution in [0.3, 0.4) is 0 Å². The highest BCUT2D eigenvalue weighted by atomic mass is 16.2. The van der Waals surface area contributed by atoms with E-state index in [0.717, 1.165) is 11.3 Å². The summed E-state index contributed by atoms with van der Waals surface area (Å²) < 4.78 is 0. The molecule has 0 aromatic heterocycles. The van der Waals surface area contributed by atoms with Crippen LogP contribution in [0.1, 0.15) is 18.4 Å². The lowest BCUT2D eigenvalue weighted by molar-refractivity contribution is -0.126. The van der Waals surface area contributed by atoms with Crippen LogP contribution in [0.5, 0.6) is 0 Å². The fraction of sp³-hybridized carbons (Fsp3) is 0.385. The van der Waals surface area contributed by atoms with E-state index in [4.69, 9.17) is 0 Å². The van der Waals surface area contributed by atoms with Gasteiger partial charge in [0.15, 0.2) is 0 Å². The first-order valence-corrected chi connectivity index (χ1v) is 5.80. The number of carbonyl (C=O) groups is 2. The third-order valence-corrected chi connectivity index (χ3v) is 3.04. The lowest BCUT2D eigenvalue weighted by Gasteiger charge is -2.22. The zero-order chi connectivity index (χ0) is 12.3. The zero-order valence-corrected chi connectivity index (χ0v) is 9.82. The molecule has 1 aliphatic heterocycles. The molecule has 1 aromatic carbocycles. The van der Waals surface area contributed by atoms with Crippen molar-refractivity contribution in [2.75, 3.05) is 11.9 Å². The molecule has 90 valence electrons. The molecule has 2 rings (SSSR count). The Kier molecular flexibility index (Phi) is 3.42. The summed E-state index contributed by atoms with van der Waals surface area (Å²) in [5.41, 5.74) is 1.88. The van der Waals surface area contributed by atoms with E-state index in [9.17, 15) is 9.59 Å². The van der Waals surface area contributed by atoms with Crippen LogP contribution in [0, 0.1) is 12.8 Å². The molecular formula is C13H16N2O2. The van der Waals surface area contributed by atoms with E-state index in [2.05, 4.69) is 10.6 Å². The Morgan fingerprint density at radius 2 is 2.18 bits per heavy atom. The van der Waals surface area contributed by atoms with E-state index in [1.807, 2.05) is 31.2 Å². The molecule has 0 aliphatic carbocycles. The summed E-state index contributed by atoms with van der Waals surface area (Å²) in [6, 6.07) is 7.67. The van der Waals surface area contributed by atoms with Gasteiger partial charge < -0.3 is 10.6 Å². The van der Waals surface area contributed by atoms with Gasteiger partial charge in [-0.05, 0) is 25.0 Å². The summed E-state index contributed by atoms with van der Waals surface area (Å²) in [6.45, 7) is 2.40. The fourth-order valence-electron chi connectivity index (χ4n) is 1.90. The number of amides is 2. The molecule has 4 nitrogen and oxygen atoms in total. The Labute approximate surface area is 100 Å². The van der Waals surface area contributed by atoms with Crippen LogP contribution in [0.15, 0.2) is 24.3 Å². The summed E-state index contributed by atoms with van der Waals surface area (Å²) in [4.78, 5) is 23.0. The van der Waals surface area contributed by atoms with Crippen LogP contribution in [0.25, 0.3) is 0 Å². The minimum absolute atomic E-state index is 0.0145. The van der Waals surface area contributed by atoms with Gasteiger partial charge in [0.05, 0.1) is 5.92 Å². The van der Waals surface area contributed by atoms with Gasteiger partial charge in [-0.2, -0.15) is 0 Å². The SMILES string of the molecule is Cc1ccccc1NC(=O)C1CCC(=O)NC1. The summed E-state index contributed by atoms with van der Waals surface area (Å²) in [5, 5.41) is 5.62.